The topological polar surface area (TPSA) is 17.4 Å². The van der Waals surface area contributed by atoms with E-state index in [9.17, 15) is 0 Å². The molecule has 1 aromatic heterocycles. The van der Waals surface area contributed by atoms with Gasteiger partial charge in [0.25, 0.3) is 0 Å². The van der Waals surface area contributed by atoms with Gasteiger partial charge in [-0.05, 0) is 69.1 Å². The van der Waals surface area contributed by atoms with E-state index in [1.54, 1.807) is 0 Å². The molecule has 0 amide bonds. The first-order chi connectivity index (χ1) is 14.8. The van der Waals surface area contributed by atoms with Crippen LogP contribution in [-0.4, -0.2) is 29.7 Å². The van der Waals surface area contributed by atoms with E-state index in [1.165, 1.54) is 46.8 Å². The Morgan fingerprint density at radius 3 is 2.13 bits per heavy atom. The zero-order chi connectivity index (χ0) is 20.3. The molecule has 0 spiro atoms. The molecule has 4 aromatic rings. The van der Waals surface area contributed by atoms with Crippen LogP contribution in [0.3, 0.4) is 0 Å². The van der Waals surface area contributed by atoms with Gasteiger partial charge >= 0.3 is 0 Å². The summed E-state index contributed by atoms with van der Waals surface area (Å²) in [7, 11) is 2.22. The van der Waals surface area contributed by atoms with E-state index in [-0.39, 0.29) is 0 Å². The van der Waals surface area contributed by atoms with Gasteiger partial charge in [0.2, 0.25) is 0 Å². The molecular weight excluding hydrogens is 368 g/mol. The second-order valence-corrected chi connectivity index (χ2v) is 8.45. The number of aryl methyl sites for hydroxylation is 1. The summed E-state index contributed by atoms with van der Waals surface area (Å²) in [5, 5.41) is 2.69. The van der Waals surface area contributed by atoms with E-state index in [2.05, 4.69) is 89.3 Å². The van der Waals surface area contributed by atoms with Crippen LogP contribution in [0.15, 0.2) is 72.8 Å². The fourth-order valence-electron chi connectivity index (χ4n) is 4.92. The maximum absolute atomic E-state index is 6.02. The average Bonchev–Trinajstić information content (AvgIpc) is 3.36. The van der Waals surface area contributed by atoms with E-state index in [0.717, 1.165) is 31.7 Å². The number of hydrogen-bond acceptors (Lipinski definition) is 2. The van der Waals surface area contributed by atoms with Crippen molar-refractivity contribution < 1.29 is 4.74 Å². The molecule has 3 nitrogen and oxygen atoms in total. The molecule has 1 aliphatic heterocycles. The smallest absolute Gasteiger partial charge is 0.119 e. The Labute approximate surface area is 178 Å². The molecule has 3 aromatic carbocycles. The minimum Gasteiger partial charge on any atom is -0.494 e. The first kappa shape index (κ1) is 19.2. The van der Waals surface area contributed by atoms with Gasteiger partial charge in [-0.2, -0.15) is 0 Å². The summed E-state index contributed by atoms with van der Waals surface area (Å²) >= 11 is 0. The first-order valence-electron chi connectivity index (χ1n) is 11.2. The van der Waals surface area contributed by atoms with Crippen LogP contribution in [0.25, 0.3) is 21.8 Å². The van der Waals surface area contributed by atoms with Crippen LogP contribution in [-0.2, 0) is 6.54 Å². The molecule has 5 rings (SSSR count). The Hall–Kier alpha value is -2.78. The van der Waals surface area contributed by atoms with Crippen molar-refractivity contribution in [3.8, 4) is 5.75 Å². The van der Waals surface area contributed by atoms with Crippen molar-refractivity contribution >= 4 is 21.8 Å². The van der Waals surface area contributed by atoms with Crippen LogP contribution in [0.5, 0.6) is 5.75 Å². The van der Waals surface area contributed by atoms with Gasteiger partial charge in [0, 0.05) is 34.4 Å². The zero-order valence-corrected chi connectivity index (χ0v) is 17.8. The molecule has 1 atom stereocenters. The number of nitrogens with zero attached hydrogens (tertiary/aromatic N) is 2. The van der Waals surface area contributed by atoms with Gasteiger partial charge in [-0.3, -0.25) is 4.90 Å². The second-order valence-electron chi connectivity index (χ2n) is 8.45. The highest BCUT2D eigenvalue weighted by Crippen LogP contribution is 2.31. The van der Waals surface area contributed by atoms with Crippen molar-refractivity contribution in [1.82, 2.24) is 9.47 Å². The molecule has 0 N–H and O–H groups in total. The molecule has 1 aliphatic rings. The molecule has 30 heavy (non-hydrogen) atoms. The van der Waals surface area contributed by atoms with Gasteiger partial charge < -0.3 is 9.30 Å². The lowest BCUT2D eigenvalue weighted by Gasteiger charge is -2.20. The molecule has 0 saturated carbocycles. The highest BCUT2D eigenvalue weighted by Gasteiger charge is 2.22. The predicted octanol–water partition coefficient (Wildman–Crippen LogP) is 6.42. The van der Waals surface area contributed by atoms with E-state index in [0.29, 0.717) is 6.04 Å². The lowest BCUT2D eigenvalue weighted by Crippen LogP contribution is -2.17. The minimum atomic E-state index is 0.574. The Balaban J connectivity index is 1.17. The summed E-state index contributed by atoms with van der Waals surface area (Å²) in [5.41, 5.74) is 4.06. The lowest BCUT2D eigenvalue weighted by atomic mass is 10.0. The predicted molar refractivity (Wildman–Crippen MR) is 125 cm³/mol. The number of para-hydroxylation sites is 2. The van der Waals surface area contributed by atoms with Gasteiger partial charge in [-0.15, -0.1) is 0 Å². The largest absolute Gasteiger partial charge is 0.494 e. The normalized spacial score (nSPS) is 17.2. The highest BCUT2D eigenvalue weighted by atomic mass is 16.5. The monoisotopic (exact) mass is 398 g/mol. The molecule has 0 radical (unpaired) electrons. The first-order valence-corrected chi connectivity index (χ1v) is 11.2. The maximum Gasteiger partial charge on any atom is 0.119 e. The van der Waals surface area contributed by atoms with Crippen LogP contribution in [0.1, 0.15) is 37.3 Å². The summed E-state index contributed by atoms with van der Waals surface area (Å²) < 4.78 is 8.48. The number of ether oxygens (including phenoxy) is 1. The highest BCUT2D eigenvalue weighted by molar-refractivity contribution is 6.07. The van der Waals surface area contributed by atoms with Gasteiger partial charge in [0.1, 0.15) is 5.75 Å². The van der Waals surface area contributed by atoms with E-state index >= 15 is 0 Å². The van der Waals surface area contributed by atoms with Crippen LogP contribution in [0.4, 0.5) is 0 Å². The lowest BCUT2D eigenvalue weighted by molar-refractivity contribution is 0.302. The van der Waals surface area contributed by atoms with Crippen LogP contribution >= 0.6 is 0 Å². The fraction of sp³-hybridized carbons (Fsp3) is 0.333. The molecule has 0 bridgehead atoms. The Morgan fingerprint density at radius 1 is 0.833 bits per heavy atom. The van der Waals surface area contributed by atoms with Crippen molar-refractivity contribution in [1.29, 1.82) is 0 Å². The van der Waals surface area contributed by atoms with Crippen molar-refractivity contribution in [3.05, 3.63) is 78.4 Å². The minimum absolute atomic E-state index is 0.574. The quantitative estimate of drug-likeness (QED) is 0.334. The summed E-state index contributed by atoms with van der Waals surface area (Å²) in [6.45, 7) is 2.99. The van der Waals surface area contributed by atoms with Crippen LogP contribution in [0, 0.1) is 0 Å². The van der Waals surface area contributed by atoms with Crippen molar-refractivity contribution in [3.63, 3.8) is 0 Å². The summed E-state index contributed by atoms with van der Waals surface area (Å²) in [6.07, 6.45) is 4.71. The van der Waals surface area contributed by atoms with Gasteiger partial charge in [0.15, 0.2) is 0 Å². The molecule has 154 valence electrons. The number of rotatable bonds is 7. The fourth-order valence-corrected chi connectivity index (χ4v) is 4.92. The standard InChI is InChI=1S/C27H30N2O/c1-28-18-8-13-25(28)21-14-16-22(17-15-21)30-20-7-6-19-29-26-11-4-2-9-23(26)24-10-3-5-12-27(24)29/h2-5,9-12,14-17,25H,6-8,13,18-20H2,1H3. The molecule has 0 aliphatic carbocycles. The SMILES string of the molecule is CN1CCCC1c1ccc(OCCCCn2c3ccccc3c3ccccc32)cc1. The van der Waals surface area contributed by atoms with Crippen molar-refractivity contribution in [2.24, 2.45) is 0 Å². The summed E-state index contributed by atoms with van der Waals surface area (Å²) in [6, 6.07) is 26.8. The zero-order valence-electron chi connectivity index (χ0n) is 17.8. The van der Waals surface area contributed by atoms with Crippen LogP contribution in [0.2, 0.25) is 0 Å². The third kappa shape index (κ3) is 3.70. The average molecular weight is 399 g/mol. The van der Waals surface area contributed by atoms with E-state index < -0.39 is 0 Å². The number of fused-ring (bicyclic) bond motifs is 3. The third-order valence-electron chi connectivity index (χ3n) is 6.51. The number of unbranched alkanes of at least 4 members (excludes halogenated alkanes) is 1. The summed E-state index contributed by atoms with van der Waals surface area (Å²) in [4.78, 5) is 2.45. The van der Waals surface area contributed by atoms with Crippen molar-refractivity contribution in [2.45, 2.75) is 38.3 Å². The Bertz CT molecular complexity index is 1080. The van der Waals surface area contributed by atoms with Crippen molar-refractivity contribution in [2.75, 3.05) is 20.2 Å². The van der Waals surface area contributed by atoms with E-state index in [4.69, 9.17) is 4.74 Å². The molecule has 1 saturated heterocycles. The number of hydrogen-bond donors (Lipinski definition) is 0. The number of benzene rings is 3. The Kier molecular flexibility index (Phi) is 5.46. The molecule has 3 heteroatoms. The Morgan fingerprint density at radius 2 is 1.50 bits per heavy atom. The van der Waals surface area contributed by atoms with Gasteiger partial charge in [-0.1, -0.05) is 48.5 Å². The van der Waals surface area contributed by atoms with Crippen LogP contribution < -0.4 is 4.74 Å². The molecular formula is C27H30N2O. The second kappa shape index (κ2) is 8.53. The van der Waals surface area contributed by atoms with E-state index in [1.807, 2.05) is 0 Å². The molecule has 1 fully saturated rings. The number of aromatic nitrogens is 1. The molecule has 1 unspecified atom stereocenters. The van der Waals surface area contributed by atoms with Gasteiger partial charge in [0.05, 0.1) is 6.61 Å². The summed E-state index contributed by atoms with van der Waals surface area (Å²) in [5.74, 6) is 0.983. The van der Waals surface area contributed by atoms with Gasteiger partial charge in [-0.25, -0.2) is 0 Å². The number of likely N-dealkylation sites (tertiary alicyclic amines) is 1. The molecule has 2 heterocycles. The third-order valence-corrected chi connectivity index (χ3v) is 6.51. The maximum atomic E-state index is 6.02.